The van der Waals surface area contributed by atoms with Crippen LogP contribution < -0.4 is 0 Å². The van der Waals surface area contributed by atoms with Gasteiger partial charge in [0.15, 0.2) is 11.0 Å². The number of aliphatic carboxylic acids is 1. The molecule has 0 aliphatic carbocycles. The van der Waals surface area contributed by atoms with Crippen molar-refractivity contribution in [2.45, 2.75) is 23.2 Å². The Bertz CT molecular complexity index is 388. The molecule has 0 radical (unpaired) electrons. The maximum atomic E-state index is 10.5. The Hall–Kier alpha value is -0.690. The fraction of sp³-hybridized carbons (Fsp3) is 0.667. The largest absolute Gasteiger partial charge is 0.481 e. The molecule has 7 heteroatoms. The summed E-state index contributed by atoms with van der Waals surface area (Å²) >= 11 is 3.09. The first kappa shape index (κ1) is 11.8. The molecule has 1 aliphatic heterocycles. The van der Waals surface area contributed by atoms with Crippen molar-refractivity contribution in [1.82, 2.24) is 14.8 Å². The van der Waals surface area contributed by atoms with Crippen LogP contribution in [-0.2, 0) is 11.8 Å². The van der Waals surface area contributed by atoms with E-state index in [1.165, 1.54) is 23.9 Å². The third kappa shape index (κ3) is 2.70. The number of aromatic nitrogens is 3. The van der Waals surface area contributed by atoms with Crippen LogP contribution in [0.2, 0.25) is 0 Å². The molecule has 1 unspecified atom stereocenters. The first-order chi connectivity index (χ1) is 7.66. The van der Waals surface area contributed by atoms with Gasteiger partial charge in [-0.05, 0) is 18.6 Å². The zero-order chi connectivity index (χ0) is 11.5. The summed E-state index contributed by atoms with van der Waals surface area (Å²) in [6.07, 6.45) is 2.34. The van der Waals surface area contributed by atoms with Crippen molar-refractivity contribution < 1.29 is 9.90 Å². The lowest BCUT2D eigenvalue weighted by molar-refractivity contribution is -0.133. The smallest absolute Gasteiger partial charge is 0.313 e. The molecule has 0 spiro atoms. The van der Waals surface area contributed by atoms with Gasteiger partial charge in [0.25, 0.3) is 0 Å². The van der Waals surface area contributed by atoms with Crippen LogP contribution in [0.15, 0.2) is 5.16 Å². The summed E-state index contributed by atoms with van der Waals surface area (Å²) in [4.78, 5) is 14.9. The maximum Gasteiger partial charge on any atom is 0.313 e. The second kappa shape index (κ2) is 5.09. The minimum atomic E-state index is -0.829. The SMILES string of the molecule is Cn1nc(C2CCCS2)nc1SCC(=O)O. The van der Waals surface area contributed by atoms with Gasteiger partial charge in [-0.15, -0.1) is 0 Å². The van der Waals surface area contributed by atoms with Gasteiger partial charge in [0, 0.05) is 7.05 Å². The average Bonchev–Trinajstić information content (AvgIpc) is 2.83. The van der Waals surface area contributed by atoms with Crippen molar-refractivity contribution in [2.75, 3.05) is 11.5 Å². The highest BCUT2D eigenvalue weighted by molar-refractivity contribution is 8.00. The summed E-state index contributed by atoms with van der Waals surface area (Å²) in [7, 11) is 1.81. The second-order valence-electron chi connectivity index (χ2n) is 3.56. The molecule has 0 aromatic carbocycles. The van der Waals surface area contributed by atoms with E-state index in [-0.39, 0.29) is 5.75 Å². The minimum Gasteiger partial charge on any atom is -0.481 e. The average molecular weight is 259 g/mol. The maximum absolute atomic E-state index is 10.5. The lowest BCUT2D eigenvalue weighted by atomic mass is 10.2. The third-order valence-electron chi connectivity index (χ3n) is 2.28. The highest BCUT2D eigenvalue weighted by Gasteiger charge is 2.23. The molecule has 1 aromatic heterocycles. The van der Waals surface area contributed by atoms with E-state index in [1.807, 2.05) is 11.8 Å². The molecular formula is C9H13N3O2S2. The van der Waals surface area contributed by atoms with E-state index in [0.29, 0.717) is 10.4 Å². The lowest BCUT2D eigenvalue weighted by Crippen LogP contribution is -2.00. The molecule has 16 heavy (non-hydrogen) atoms. The quantitative estimate of drug-likeness (QED) is 0.828. The summed E-state index contributed by atoms with van der Waals surface area (Å²) in [6, 6.07) is 0. The summed E-state index contributed by atoms with van der Waals surface area (Å²) < 4.78 is 1.67. The summed E-state index contributed by atoms with van der Waals surface area (Å²) in [5, 5.41) is 14.0. The Morgan fingerprint density at radius 1 is 1.75 bits per heavy atom. The van der Waals surface area contributed by atoms with Crippen molar-refractivity contribution in [1.29, 1.82) is 0 Å². The fourth-order valence-electron chi connectivity index (χ4n) is 1.56. The standard InChI is InChI=1S/C9H13N3O2S2/c1-12-9(16-5-7(13)14)10-8(11-12)6-3-2-4-15-6/h6H,2-5H2,1H3,(H,13,14). The van der Waals surface area contributed by atoms with E-state index >= 15 is 0 Å². The van der Waals surface area contributed by atoms with Crippen molar-refractivity contribution in [2.24, 2.45) is 7.05 Å². The van der Waals surface area contributed by atoms with Crippen LogP contribution in [0.5, 0.6) is 0 Å². The van der Waals surface area contributed by atoms with E-state index < -0.39 is 5.97 Å². The Morgan fingerprint density at radius 2 is 2.56 bits per heavy atom. The molecule has 88 valence electrons. The van der Waals surface area contributed by atoms with Gasteiger partial charge in [0.2, 0.25) is 0 Å². The topological polar surface area (TPSA) is 68.0 Å². The van der Waals surface area contributed by atoms with E-state index in [2.05, 4.69) is 10.1 Å². The van der Waals surface area contributed by atoms with Crippen LogP contribution in [0, 0.1) is 0 Å². The van der Waals surface area contributed by atoms with Gasteiger partial charge < -0.3 is 5.11 Å². The molecule has 1 atom stereocenters. The second-order valence-corrected chi connectivity index (χ2v) is 5.81. The zero-order valence-corrected chi connectivity index (χ0v) is 10.6. The molecule has 1 fully saturated rings. The lowest BCUT2D eigenvalue weighted by Gasteiger charge is -2.00. The predicted octanol–water partition coefficient (Wildman–Crippen LogP) is 1.56. The van der Waals surface area contributed by atoms with Crippen LogP contribution in [0.1, 0.15) is 23.9 Å². The number of aryl methyl sites for hydroxylation is 1. The number of carbonyl (C=O) groups is 1. The number of rotatable bonds is 4. The highest BCUT2D eigenvalue weighted by Crippen LogP contribution is 2.38. The monoisotopic (exact) mass is 259 g/mol. The van der Waals surface area contributed by atoms with E-state index in [4.69, 9.17) is 5.11 Å². The Balaban J connectivity index is 2.05. The predicted molar refractivity (Wildman–Crippen MR) is 63.8 cm³/mol. The molecule has 0 amide bonds. The Morgan fingerprint density at radius 3 is 3.19 bits per heavy atom. The molecule has 2 heterocycles. The Labute approximate surface area is 102 Å². The van der Waals surface area contributed by atoms with Gasteiger partial charge in [-0.1, -0.05) is 11.8 Å². The molecule has 2 rings (SSSR count). The molecule has 1 aliphatic rings. The van der Waals surface area contributed by atoms with Crippen molar-refractivity contribution in [3.05, 3.63) is 5.82 Å². The molecular weight excluding hydrogens is 246 g/mol. The third-order valence-corrected chi connectivity index (χ3v) is 4.66. The molecule has 5 nitrogen and oxygen atoms in total. The number of thioether (sulfide) groups is 2. The van der Waals surface area contributed by atoms with Gasteiger partial charge in [0.05, 0.1) is 11.0 Å². The van der Waals surface area contributed by atoms with Gasteiger partial charge in [-0.25, -0.2) is 9.67 Å². The summed E-state index contributed by atoms with van der Waals surface area (Å²) in [6.45, 7) is 0. The van der Waals surface area contributed by atoms with Crippen LogP contribution in [0.3, 0.4) is 0 Å². The normalized spacial score (nSPS) is 20.2. The van der Waals surface area contributed by atoms with Crippen molar-refractivity contribution >= 4 is 29.5 Å². The van der Waals surface area contributed by atoms with Crippen LogP contribution >= 0.6 is 23.5 Å². The van der Waals surface area contributed by atoms with Gasteiger partial charge in [-0.2, -0.15) is 16.9 Å². The van der Waals surface area contributed by atoms with Crippen LogP contribution in [0.25, 0.3) is 0 Å². The molecule has 1 aromatic rings. The molecule has 0 bridgehead atoms. The minimum absolute atomic E-state index is 0.0315. The molecule has 0 saturated carbocycles. The van der Waals surface area contributed by atoms with Gasteiger partial charge in [0.1, 0.15) is 0 Å². The van der Waals surface area contributed by atoms with Gasteiger partial charge >= 0.3 is 5.97 Å². The first-order valence-electron chi connectivity index (χ1n) is 5.04. The van der Waals surface area contributed by atoms with Gasteiger partial charge in [-0.3, -0.25) is 4.79 Å². The Kier molecular flexibility index (Phi) is 3.75. The fourth-order valence-corrected chi connectivity index (χ4v) is 3.40. The van der Waals surface area contributed by atoms with Crippen molar-refractivity contribution in [3.8, 4) is 0 Å². The van der Waals surface area contributed by atoms with Crippen LogP contribution in [0.4, 0.5) is 0 Å². The highest BCUT2D eigenvalue weighted by atomic mass is 32.2. The number of nitrogens with zero attached hydrogens (tertiary/aromatic N) is 3. The molecule has 1 N–H and O–H groups in total. The zero-order valence-electron chi connectivity index (χ0n) is 8.92. The first-order valence-corrected chi connectivity index (χ1v) is 7.07. The number of hydrogen-bond acceptors (Lipinski definition) is 5. The number of carboxylic acids is 1. The number of hydrogen-bond donors (Lipinski definition) is 1. The van der Waals surface area contributed by atoms with Crippen LogP contribution in [-0.4, -0.2) is 37.3 Å². The van der Waals surface area contributed by atoms with E-state index in [0.717, 1.165) is 12.2 Å². The van der Waals surface area contributed by atoms with E-state index in [9.17, 15) is 4.79 Å². The molecule has 1 saturated heterocycles. The number of carboxylic acid groups (broad SMARTS) is 1. The van der Waals surface area contributed by atoms with Crippen molar-refractivity contribution in [3.63, 3.8) is 0 Å². The summed E-state index contributed by atoms with van der Waals surface area (Å²) in [5.41, 5.74) is 0. The summed E-state index contributed by atoms with van der Waals surface area (Å²) in [5.74, 6) is 1.22. The van der Waals surface area contributed by atoms with E-state index in [1.54, 1.807) is 11.7 Å².